The molecule has 0 radical (unpaired) electrons. The number of thiazole rings is 1. The highest BCUT2D eigenvalue weighted by Gasteiger charge is 2.15. The molecule has 6 heteroatoms. The van der Waals surface area contributed by atoms with Gasteiger partial charge >= 0.3 is 0 Å². The standard InChI is InChI=1S/C15H7ClFN3S/c16-12-5-10(17)2-3-11(12)15-14(20-8-21-15)13-4-1-9(6-18)7-19-13/h1-5,7-8H. The van der Waals surface area contributed by atoms with E-state index in [1.165, 1.54) is 29.7 Å². The number of nitrogens with zero attached hydrogens (tertiary/aromatic N) is 3. The SMILES string of the molecule is N#Cc1ccc(-c2ncsc2-c2ccc(F)cc2Cl)nc1. The van der Waals surface area contributed by atoms with Crippen molar-refractivity contribution < 1.29 is 4.39 Å². The number of rotatable bonds is 2. The zero-order valence-electron chi connectivity index (χ0n) is 10.5. The van der Waals surface area contributed by atoms with Gasteiger partial charge < -0.3 is 0 Å². The Kier molecular flexibility index (Phi) is 3.65. The first-order valence-corrected chi connectivity index (χ1v) is 7.20. The largest absolute Gasteiger partial charge is 0.253 e. The molecule has 2 heterocycles. The quantitative estimate of drug-likeness (QED) is 0.697. The van der Waals surface area contributed by atoms with E-state index in [1.807, 2.05) is 6.07 Å². The second kappa shape index (κ2) is 5.60. The van der Waals surface area contributed by atoms with Crippen LogP contribution in [0.4, 0.5) is 4.39 Å². The lowest BCUT2D eigenvalue weighted by Gasteiger charge is -2.05. The van der Waals surface area contributed by atoms with E-state index in [9.17, 15) is 4.39 Å². The maximum Gasteiger partial charge on any atom is 0.124 e. The van der Waals surface area contributed by atoms with Crippen molar-refractivity contribution in [3.63, 3.8) is 0 Å². The topological polar surface area (TPSA) is 49.6 Å². The van der Waals surface area contributed by atoms with Crippen LogP contribution in [0.1, 0.15) is 5.56 Å². The lowest BCUT2D eigenvalue weighted by molar-refractivity contribution is 0.628. The first-order valence-electron chi connectivity index (χ1n) is 5.94. The molecule has 21 heavy (non-hydrogen) atoms. The Morgan fingerprint density at radius 1 is 1.19 bits per heavy atom. The summed E-state index contributed by atoms with van der Waals surface area (Å²) in [5.74, 6) is -0.383. The van der Waals surface area contributed by atoms with E-state index in [1.54, 1.807) is 23.7 Å². The molecule has 1 aromatic carbocycles. The molecule has 0 aliphatic carbocycles. The van der Waals surface area contributed by atoms with Crippen molar-refractivity contribution >= 4 is 22.9 Å². The normalized spacial score (nSPS) is 10.3. The second-order valence-electron chi connectivity index (χ2n) is 4.20. The third kappa shape index (κ3) is 2.64. The Balaban J connectivity index is 2.10. The van der Waals surface area contributed by atoms with Crippen LogP contribution in [0.3, 0.4) is 0 Å². The third-order valence-electron chi connectivity index (χ3n) is 2.88. The van der Waals surface area contributed by atoms with Gasteiger partial charge in [0, 0.05) is 11.8 Å². The predicted molar refractivity (Wildman–Crippen MR) is 80.5 cm³/mol. The highest BCUT2D eigenvalue weighted by molar-refractivity contribution is 7.13. The Hall–Kier alpha value is -2.29. The summed E-state index contributed by atoms with van der Waals surface area (Å²) in [6.45, 7) is 0. The Labute approximate surface area is 129 Å². The average molecular weight is 316 g/mol. The highest BCUT2D eigenvalue weighted by Crippen LogP contribution is 2.37. The molecule has 0 atom stereocenters. The molecule has 0 amide bonds. The van der Waals surface area contributed by atoms with Gasteiger partial charge in [0.15, 0.2) is 0 Å². The van der Waals surface area contributed by atoms with Crippen LogP contribution in [0.15, 0.2) is 42.0 Å². The molecule has 2 aromatic heterocycles. The van der Waals surface area contributed by atoms with Gasteiger partial charge in [-0.05, 0) is 30.3 Å². The summed E-state index contributed by atoms with van der Waals surface area (Å²) in [5.41, 5.74) is 4.19. The lowest BCUT2D eigenvalue weighted by Crippen LogP contribution is -1.88. The molecule has 102 valence electrons. The molecule has 0 bridgehead atoms. The number of nitriles is 1. The van der Waals surface area contributed by atoms with Crippen LogP contribution in [-0.4, -0.2) is 9.97 Å². The molecular formula is C15H7ClFN3S. The van der Waals surface area contributed by atoms with Gasteiger partial charge in [0.25, 0.3) is 0 Å². The molecule has 0 spiro atoms. The molecule has 0 fully saturated rings. The maximum atomic E-state index is 13.2. The number of aromatic nitrogens is 2. The summed E-state index contributed by atoms with van der Waals surface area (Å²) in [6, 6.07) is 9.68. The van der Waals surface area contributed by atoms with Gasteiger partial charge in [0.1, 0.15) is 17.6 Å². The fraction of sp³-hybridized carbons (Fsp3) is 0. The molecule has 0 aliphatic heterocycles. The van der Waals surface area contributed by atoms with Crippen LogP contribution < -0.4 is 0 Å². The smallest absolute Gasteiger partial charge is 0.124 e. The van der Waals surface area contributed by atoms with Crippen molar-refractivity contribution in [3.8, 4) is 27.9 Å². The maximum absolute atomic E-state index is 13.2. The first-order chi connectivity index (χ1) is 10.2. The van der Waals surface area contributed by atoms with Crippen molar-refractivity contribution in [2.45, 2.75) is 0 Å². The van der Waals surface area contributed by atoms with Crippen molar-refractivity contribution in [1.29, 1.82) is 5.26 Å². The third-order valence-corrected chi connectivity index (χ3v) is 4.05. The monoisotopic (exact) mass is 315 g/mol. The van der Waals surface area contributed by atoms with Gasteiger partial charge in [0.2, 0.25) is 0 Å². The zero-order valence-corrected chi connectivity index (χ0v) is 12.1. The predicted octanol–water partition coefficient (Wildman–Crippen LogP) is 4.54. The summed E-state index contributed by atoms with van der Waals surface area (Å²) in [7, 11) is 0. The number of halogens is 2. The minimum absolute atomic E-state index is 0.328. The van der Waals surface area contributed by atoms with Crippen molar-refractivity contribution in [3.05, 3.63) is 58.4 Å². The molecular weight excluding hydrogens is 309 g/mol. The summed E-state index contributed by atoms with van der Waals surface area (Å²) < 4.78 is 13.2. The van der Waals surface area contributed by atoms with Crippen LogP contribution in [0.2, 0.25) is 5.02 Å². The van der Waals surface area contributed by atoms with E-state index in [0.717, 1.165) is 4.88 Å². The number of hydrogen-bond donors (Lipinski definition) is 0. The van der Waals surface area contributed by atoms with Gasteiger partial charge in [-0.3, -0.25) is 4.98 Å². The van der Waals surface area contributed by atoms with Crippen LogP contribution >= 0.6 is 22.9 Å². The van der Waals surface area contributed by atoms with E-state index in [2.05, 4.69) is 9.97 Å². The molecule has 3 aromatic rings. The van der Waals surface area contributed by atoms with Gasteiger partial charge in [-0.2, -0.15) is 5.26 Å². The van der Waals surface area contributed by atoms with Crippen LogP contribution in [0.5, 0.6) is 0 Å². The summed E-state index contributed by atoms with van der Waals surface area (Å²) in [6.07, 6.45) is 1.49. The molecule has 0 N–H and O–H groups in total. The van der Waals surface area contributed by atoms with Gasteiger partial charge in [0.05, 0.1) is 26.7 Å². The second-order valence-corrected chi connectivity index (χ2v) is 5.46. The first kappa shape index (κ1) is 13.7. The number of pyridine rings is 1. The Bertz CT molecular complexity index is 837. The Morgan fingerprint density at radius 3 is 2.71 bits per heavy atom. The van der Waals surface area contributed by atoms with Crippen molar-refractivity contribution in [2.24, 2.45) is 0 Å². The number of benzene rings is 1. The molecule has 3 nitrogen and oxygen atoms in total. The van der Waals surface area contributed by atoms with Gasteiger partial charge in [-0.25, -0.2) is 9.37 Å². The van der Waals surface area contributed by atoms with Gasteiger partial charge in [-0.1, -0.05) is 11.6 Å². The molecule has 3 rings (SSSR count). The molecule has 0 aliphatic rings. The molecule has 0 saturated carbocycles. The highest BCUT2D eigenvalue weighted by atomic mass is 35.5. The van der Waals surface area contributed by atoms with E-state index < -0.39 is 0 Å². The van der Waals surface area contributed by atoms with E-state index in [0.29, 0.717) is 27.5 Å². The van der Waals surface area contributed by atoms with Crippen LogP contribution in [-0.2, 0) is 0 Å². The lowest BCUT2D eigenvalue weighted by atomic mass is 10.1. The van der Waals surface area contributed by atoms with Crippen LogP contribution in [0, 0.1) is 17.1 Å². The van der Waals surface area contributed by atoms with Crippen molar-refractivity contribution in [2.75, 3.05) is 0 Å². The van der Waals surface area contributed by atoms with E-state index in [4.69, 9.17) is 16.9 Å². The van der Waals surface area contributed by atoms with E-state index >= 15 is 0 Å². The molecule has 0 saturated heterocycles. The fourth-order valence-electron chi connectivity index (χ4n) is 1.89. The van der Waals surface area contributed by atoms with E-state index in [-0.39, 0.29) is 5.82 Å². The summed E-state index contributed by atoms with van der Waals surface area (Å²) in [5, 5.41) is 9.13. The zero-order chi connectivity index (χ0) is 14.8. The minimum atomic E-state index is -0.383. The average Bonchev–Trinajstić information content (AvgIpc) is 2.96. The fourth-order valence-corrected chi connectivity index (χ4v) is 3.05. The number of hydrogen-bond acceptors (Lipinski definition) is 4. The summed E-state index contributed by atoms with van der Waals surface area (Å²) >= 11 is 7.51. The van der Waals surface area contributed by atoms with Gasteiger partial charge in [-0.15, -0.1) is 11.3 Å². The minimum Gasteiger partial charge on any atom is -0.253 e. The molecule has 0 unspecified atom stereocenters. The Morgan fingerprint density at radius 2 is 2.05 bits per heavy atom. The van der Waals surface area contributed by atoms with Crippen LogP contribution in [0.25, 0.3) is 21.8 Å². The van der Waals surface area contributed by atoms with Crippen molar-refractivity contribution in [1.82, 2.24) is 9.97 Å². The summed E-state index contributed by atoms with van der Waals surface area (Å²) in [4.78, 5) is 9.35.